The summed E-state index contributed by atoms with van der Waals surface area (Å²) in [5.41, 5.74) is 2.13. The summed E-state index contributed by atoms with van der Waals surface area (Å²) in [7, 11) is 0. The highest BCUT2D eigenvalue weighted by Gasteiger charge is 2.34. The Morgan fingerprint density at radius 1 is 0.600 bits per heavy atom. The van der Waals surface area contributed by atoms with Crippen LogP contribution in [0.5, 0.6) is 0 Å². The summed E-state index contributed by atoms with van der Waals surface area (Å²) < 4.78 is 4.24. The van der Waals surface area contributed by atoms with E-state index < -0.39 is 3.23 Å². The maximum atomic E-state index is 3.79. The molecule has 0 aromatic heterocycles. The number of hydrogen-bond acceptors (Lipinski definition) is 0. The van der Waals surface area contributed by atoms with Crippen LogP contribution in [0, 0.1) is 0 Å². The molecule has 0 amide bonds. The van der Waals surface area contributed by atoms with Crippen molar-refractivity contribution in [3.63, 3.8) is 0 Å². The van der Waals surface area contributed by atoms with E-state index in [0.29, 0.717) is 0 Å². The lowest BCUT2D eigenvalue weighted by molar-refractivity contribution is 1.08. The molecule has 0 radical (unpaired) electrons. The van der Waals surface area contributed by atoms with Crippen molar-refractivity contribution in [3.05, 3.63) is 63.8 Å². The van der Waals surface area contributed by atoms with Gasteiger partial charge in [-0.1, -0.05) is 62.2 Å². The van der Waals surface area contributed by atoms with E-state index in [1.165, 1.54) is 0 Å². The molecule has 0 heterocycles. The lowest BCUT2D eigenvalue weighted by Crippen LogP contribution is -2.13. The third kappa shape index (κ3) is 3.34. The second-order valence-corrected chi connectivity index (χ2v) is 11.3. The van der Waals surface area contributed by atoms with Crippen LogP contribution in [0.3, 0.4) is 0 Å². The molecule has 106 valence electrons. The van der Waals surface area contributed by atoms with Gasteiger partial charge in [0, 0.05) is 27.9 Å². The summed E-state index contributed by atoms with van der Waals surface area (Å²) in [6.45, 7) is 0. The highest BCUT2D eigenvalue weighted by Crippen LogP contribution is 2.55. The predicted molar refractivity (Wildman–Crippen MR) is 110 cm³/mol. The quantitative estimate of drug-likeness (QED) is 0.166. The number of benzene rings is 2. The average molecular weight is 721 g/mol. The van der Waals surface area contributed by atoms with E-state index in [1.54, 1.807) is 0 Å². The number of rotatable bonds is 2. The fourth-order valence-corrected chi connectivity index (χ4v) is 7.70. The molecule has 0 aliphatic carbocycles. The molecule has 20 heavy (non-hydrogen) atoms. The van der Waals surface area contributed by atoms with Gasteiger partial charge in [0.15, 0.2) is 0 Å². The molecule has 0 bridgehead atoms. The SMILES string of the molecule is Brc1c(Br)c(Br)c(C(Br)(Br)c2ccccc2)c(Br)c1Br. The molecule has 0 saturated carbocycles. The van der Waals surface area contributed by atoms with E-state index in [0.717, 1.165) is 33.5 Å². The Balaban J connectivity index is 2.76. The largest absolute Gasteiger partial charge is 0.132 e. The summed E-state index contributed by atoms with van der Waals surface area (Å²) in [5.74, 6) is 0. The van der Waals surface area contributed by atoms with Crippen LogP contribution in [0.25, 0.3) is 0 Å². The van der Waals surface area contributed by atoms with Crippen LogP contribution in [0.1, 0.15) is 11.1 Å². The molecule has 0 N–H and O–H groups in total. The minimum atomic E-state index is -0.509. The van der Waals surface area contributed by atoms with E-state index in [2.05, 4.69) is 124 Å². The van der Waals surface area contributed by atoms with Gasteiger partial charge in [-0.05, 0) is 85.2 Å². The van der Waals surface area contributed by atoms with Crippen molar-refractivity contribution in [1.29, 1.82) is 0 Å². The van der Waals surface area contributed by atoms with Gasteiger partial charge in [-0.25, -0.2) is 0 Å². The highest BCUT2D eigenvalue weighted by atomic mass is 79.9. The number of halogens is 7. The van der Waals surface area contributed by atoms with Crippen molar-refractivity contribution in [2.45, 2.75) is 3.23 Å². The van der Waals surface area contributed by atoms with Crippen LogP contribution >= 0.6 is 112 Å². The minimum absolute atomic E-state index is 0.509. The molecule has 7 heteroatoms. The van der Waals surface area contributed by atoms with Crippen molar-refractivity contribution in [3.8, 4) is 0 Å². The van der Waals surface area contributed by atoms with E-state index in [1.807, 2.05) is 18.2 Å². The monoisotopic (exact) mass is 713 g/mol. The summed E-state index contributed by atoms with van der Waals surface area (Å²) in [4.78, 5) is 0. The molecular formula is C13H5Br7. The minimum Gasteiger partial charge on any atom is -0.0622 e. The van der Waals surface area contributed by atoms with Gasteiger partial charge in [-0.3, -0.25) is 0 Å². The van der Waals surface area contributed by atoms with Gasteiger partial charge >= 0.3 is 0 Å². The molecule has 0 aliphatic heterocycles. The van der Waals surface area contributed by atoms with Crippen LogP contribution in [-0.2, 0) is 3.23 Å². The zero-order chi connectivity index (χ0) is 15.1. The van der Waals surface area contributed by atoms with Crippen LogP contribution < -0.4 is 0 Å². The Morgan fingerprint density at radius 3 is 1.45 bits per heavy atom. The lowest BCUT2D eigenvalue weighted by atomic mass is 10.0. The molecule has 0 fully saturated rings. The molecule has 0 nitrogen and oxygen atoms in total. The first kappa shape index (κ1) is 18.1. The fourth-order valence-electron chi connectivity index (χ4n) is 1.67. The number of alkyl halides is 2. The van der Waals surface area contributed by atoms with Gasteiger partial charge in [0.2, 0.25) is 0 Å². The zero-order valence-corrected chi connectivity index (χ0v) is 20.6. The molecule has 0 unspecified atom stereocenters. The first-order valence-corrected chi connectivity index (χ1v) is 10.8. The van der Waals surface area contributed by atoms with Crippen molar-refractivity contribution in [2.24, 2.45) is 0 Å². The van der Waals surface area contributed by atoms with E-state index in [4.69, 9.17) is 0 Å². The maximum absolute atomic E-state index is 3.79. The van der Waals surface area contributed by atoms with Gasteiger partial charge < -0.3 is 0 Å². The molecule has 0 saturated heterocycles. The smallest absolute Gasteiger partial charge is 0.0622 e. The van der Waals surface area contributed by atoms with Gasteiger partial charge in [-0.15, -0.1) is 0 Å². The van der Waals surface area contributed by atoms with Crippen molar-refractivity contribution in [1.82, 2.24) is 0 Å². The lowest BCUT2D eigenvalue weighted by Gasteiger charge is -2.26. The Hall–Kier alpha value is 1.80. The van der Waals surface area contributed by atoms with Crippen LogP contribution in [0.2, 0.25) is 0 Å². The number of hydrogen-bond donors (Lipinski definition) is 0. The van der Waals surface area contributed by atoms with Crippen molar-refractivity contribution < 1.29 is 0 Å². The standard InChI is InChI=1S/C13H5Br7/c14-8-7(9(15)11(17)12(18)10(8)16)13(19,20)6-4-2-1-3-5-6/h1-5H. The molecule has 2 rings (SSSR count). The Labute approximate surface area is 176 Å². The Bertz CT molecular complexity index is 621. The van der Waals surface area contributed by atoms with Gasteiger partial charge in [0.25, 0.3) is 0 Å². The van der Waals surface area contributed by atoms with E-state index in [-0.39, 0.29) is 0 Å². The fraction of sp³-hybridized carbons (Fsp3) is 0.0769. The topological polar surface area (TPSA) is 0 Å². The Kier molecular flexibility index (Phi) is 6.48. The van der Waals surface area contributed by atoms with Gasteiger partial charge in [-0.2, -0.15) is 0 Å². The molecule has 2 aromatic rings. The summed E-state index contributed by atoms with van der Waals surface area (Å²) in [6, 6.07) is 10.1. The summed E-state index contributed by atoms with van der Waals surface area (Å²) >= 11 is 25.6. The second kappa shape index (κ2) is 7.14. The van der Waals surface area contributed by atoms with Crippen molar-refractivity contribution >= 4 is 112 Å². The first-order chi connectivity index (χ1) is 9.28. The normalized spacial score (nSPS) is 11.8. The summed E-state index contributed by atoms with van der Waals surface area (Å²) in [6.07, 6.45) is 0. The molecule has 0 atom stereocenters. The Morgan fingerprint density at radius 2 is 1.00 bits per heavy atom. The van der Waals surface area contributed by atoms with E-state index in [9.17, 15) is 0 Å². The van der Waals surface area contributed by atoms with Crippen molar-refractivity contribution in [2.75, 3.05) is 0 Å². The molecular weight excluding hydrogens is 715 g/mol. The summed E-state index contributed by atoms with van der Waals surface area (Å²) in [5, 5.41) is 0. The van der Waals surface area contributed by atoms with E-state index >= 15 is 0 Å². The van der Waals surface area contributed by atoms with Gasteiger partial charge in [0.1, 0.15) is 3.23 Å². The zero-order valence-electron chi connectivity index (χ0n) is 9.53. The second-order valence-electron chi connectivity index (χ2n) is 3.89. The molecule has 0 aliphatic rings. The molecule has 0 spiro atoms. The van der Waals surface area contributed by atoms with Gasteiger partial charge in [0.05, 0.1) is 0 Å². The maximum Gasteiger partial charge on any atom is 0.132 e. The average Bonchev–Trinajstić information content (AvgIpc) is 2.44. The first-order valence-electron chi connectivity index (χ1n) is 5.23. The van der Waals surface area contributed by atoms with Crippen LogP contribution in [-0.4, -0.2) is 0 Å². The highest BCUT2D eigenvalue weighted by molar-refractivity contribution is 9.25. The van der Waals surface area contributed by atoms with Crippen LogP contribution in [0.15, 0.2) is 52.7 Å². The third-order valence-corrected chi connectivity index (χ3v) is 10.5. The van der Waals surface area contributed by atoms with Crippen LogP contribution in [0.4, 0.5) is 0 Å². The predicted octanol–water partition coefficient (Wildman–Crippen LogP) is 8.49. The third-order valence-electron chi connectivity index (χ3n) is 2.66. The molecule has 2 aromatic carbocycles.